The zero-order chi connectivity index (χ0) is 16.0. The van der Waals surface area contributed by atoms with Crippen molar-refractivity contribution in [2.24, 2.45) is 11.8 Å². The minimum atomic E-state index is -0.0339. The third-order valence-corrected chi connectivity index (χ3v) is 5.90. The van der Waals surface area contributed by atoms with Crippen LogP contribution < -0.4 is 0 Å². The Bertz CT molecular complexity index is 745. The van der Waals surface area contributed by atoms with Gasteiger partial charge in [0.15, 0.2) is 0 Å². The minimum absolute atomic E-state index is 0.0339. The predicted molar refractivity (Wildman–Crippen MR) is 91.6 cm³/mol. The number of ether oxygens (including phenoxy) is 1. The van der Waals surface area contributed by atoms with Crippen LogP contribution in [0, 0.1) is 11.8 Å². The van der Waals surface area contributed by atoms with E-state index in [2.05, 4.69) is 30.1 Å². The molecule has 1 saturated carbocycles. The topological polar surface area (TPSA) is 42.1 Å². The van der Waals surface area contributed by atoms with E-state index in [4.69, 9.17) is 4.74 Å². The summed E-state index contributed by atoms with van der Waals surface area (Å²) in [5.74, 6) is 1.70. The summed E-state index contributed by atoms with van der Waals surface area (Å²) in [6, 6.07) is 6.65. The van der Waals surface area contributed by atoms with E-state index in [9.17, 15) is 4.79 Å². The van der Waals surface area contributed by atoms with Crippen LogP contribution in [0.2, 0.25) is 0 Å². The number of aromatic amines is 1. The SMILES string of the molecule is CCOC(=O)CC1CC2CCc3c([nH]c4c(CC)cccc34)C21. The lowest BCUT2D eigenvalue weighted by molar-refractivity contribution is -0.145. The van der Waals surface area contributed by atoms with Gasteiger partial charge in [0.05, 0.1) is 6.61 Å². The number of aromatic nitrogens is 1. The molecule has 4 rings (SSSR count). The van der Waals surface area contributed by atoms with Gasteiger partial charge < -0.3 is 9.72 Å². The maximum absolute atomic E-state index is 11.9. The molecule has 1 N–H and O–H groups in total. The van der Waals surface area contributed by atoms with Crippen LogP contribution >= 0.6 is 0 Å². The molecule has 3 nitrogen and oxygen atoms in total. The number of para-hydroxylation sites is 1. The third-order valence-electron chi connectivity index (χ3n) is 5.90. The smallest absolute Gasteiger partial charge is 0.306 e. The molecule has 0 amide bonds. The summed E-state index contributed by atoms with van der Waals surface area (Å²) in [7, 11) is 0. The van der Waals surface area contributed by atoms with Crippen molar-refractivity contribution in [3.05, 3.63) is 35.0 Å². The van der Waals surface area contributed by atoms with Gasteiger partial charge in [-0.25, -0.2) is 0 Å². The van der Waals surface area contributed by atoms with Crippen LogP contribution in [-0.4, -0.2) is 17.6 Å². The first-order valence-electron chi connectivity index (χ1n) is 9.00. The fourth-order valence-electron chi connectivity index (χ4n) is 4.82. The highest BCUT2D eigenvalue weighted by atomic mass is 16.5. The normalized spacial score (nSPS) is 25.6. The van der Waals surface area contributed by atoms with E-state index in [0.29, 0.717) is 24.9 Å². The van der Waals surface area contributed by atoms with E-state index in [1.807, 2.05) is 6.92 Å². The number of rotatable bonds is 4. The molecule has 1 fully saturated rings. The van der Waals surface area contributed by atoms with Gasteiger partial charge in [0.1, 0.15) is 0 Å². The molecule has 1 aromatic carbocycles. The Hall–Kier alpha value is -1.77. The number of H-pyrrole nitrogens is 1. The highest BCUT2D eigenvalue weighted by Crippen LogP contribution is 2.55. The Labute approximate surface area is 137 Å². The zero-order valence-electron chi connectivity index (χ0n) is 14.0. The van der Waals surface area contributed by atoms with Gasteiger partial charge in [-0.1, -0.05) is 25.1 Å². The van der Waals surface area contributed by atoms with Gasteiger partial charge in [-0.05, 0) is 55.6 Å². The maximum Gasteiger partial charge on any atom is 0.306 e. The van der Waals surface area contributed by atoms with Crippen LogP contribution in [0.4, 0.5) is 0 Å². The second kappa shape index (κ2) is 5.70. The molecule has 122 valence electrons. The summed E-state index contributed by atoms with van der Waals surface area (Å²) >= 11 is 0. The fraction of sp³-hybridized carbons (Fsp3) is 0.550. The number of benzene rings is 1. The average Bonchev–Trinajstić information content (AvgIpc) is 2.89. The Morgan fingerprint density at radius 2 is 2.22 bits per heavy atom. The molecule has 0 spiro atoms. The van der Waals surface area contributed by atoms with Crippen LogP contribution in [0.5, 0.6) is 0 Å². The van der Waals surface area contributed by atoms with Gasteiger partial charge in [-0.15, -0.1) is 0 Å². The first-order chi connectivity index (χ1) is 11.2. The molecule has 2 aliphatic carbocycles. The Kier molecular flexibility index (Phi) is 3.67. The molecular formula is C20H25NO2. The number of fused-ring (bicyclic) bond motifs is 5. The third kappa shape index (κ3) is 2.29. The number of esters is 1. The predicted octanol–water partition coefficient (Wildman–Crippen LogP) is 4.35. The summed E-state index contributed by atoms with van der Waals surface area (Å²) in [6.07, 6.45) is 5.25. The monoisotopic (exact) mass is 311 g/mol. The lowest BCUT2D eigenvalue weighted by Gasteiger charge is -2.47. The molecule has 3 heteroatoms. The molecule has 0 saturated heterocycles. The van der Waals surface area contributed by atoms with E-state index >= 15 is 0 Å². The van der Waals surface area contributed by atoms with Crippen molar-refractivity contribution in [3.63, 3.8) is 0 Å². The lowest BCUT2D eigenvalue weighted by Crippen LogP contribution is -2.39. The zero-order valence-corrected chi connectivity index (χ0v) is 14.0. The second-order valence-corrected chi connectivity index (χ2v) is 7.04. The second-order valence-electron chi connectivity index (χ2n) is 7.04. The Balaban J connectivity index is 1.68. The molecule has 23 heavy (non-hydrogen) atoms. The highest BCUT2D eigenvalue weighted by Gasteiger charge is 2.46. The summed E-state index contributed by atoms with van der Waals surface area (Å²) < 4.78 is 5.16. The largest absolute Gasteiger partial charge is 0.466 e. The summed E-state index contributed by atoms with van der Waals surface area (Å²) in [4.78, 5) is 15.6. The fourth-order valence-corrected chi connectivity index (χ4v) is 4.82. The van der Waals surface area contributed by atoms with E-state index in [0.717, 1.165) is 12.3 Å². The number of hydrogen-bond acceptors (Lipinski definition) is 2. The highest BCUT2D eigenvalue weighted by molar-refractivity contribution is 5.88. The maximum atomic E-state index is 11.9. The summed E-state index contributed by atoms with van der Waals surface area (Å²) in [6.45, 7) is 4.58. The van der Waals surface area contributed by atoms with E-state index in [1.54, 1.807) is 0 Å². The van der Waals surface area contributed by atoms with Crippen LogP contribution in [0.1, 0.15) is 55.8 Å². The quantitative estimate of drug-likeness (QED) is 0.853. The summed E-state index contributed by atoms with van der Waals surface area (Å²) in [5.41, 5.74) is 5.64. The molecule has 1 heterocycles. The van der Waals surface area contributed by atoms with Crippen molar-refractivity contribution in [1.29, 1.82) is 0 Å². The van der Waals surface area contributed by atoms with Gasteiger partial charge in [-0.2, -0.15) is 0 Å². The van der Waals surface area contributed by atoms with E-state index < -0.39 is 0 Å². The van der Waals surface area contributed by atoms with Crippen molar-refractivity contribution in [2.45, 2.75) is 51.9 Å². The van der Waals surface area contributed by atoms with Crippen molar-refractivity contribution in [3.8, 4) is 0 Å². The number of carbonyl (C=O) groups excluding carboxylic acids is 1. The molecular weight excluding hydrogens is 286 g/mol. The van der Waals surface area contributed by atoms with Crippen LogP contribution in [0.15, 0.2) is 18.2 Å². The molecule has 1 aromatic heterocycles. The number of carbonyl (C=O) groups is 1. The first-order valence-corrected chi connectivity index (χ1v) is 9.00. The lowest BCUT2D eigenvalue weighted by atomic mass is 9.57. The van der Waals surface area contributed by atoms with Gasteiger partial charge >= 0.3 is 5.97 Å². The van der Waals surface area contributed by atoms with Crippen LogP contribution in [-0.2, 0) is 22.4 Å². The molecule has 2 aliphatic rings. The molecule has 3 unspecified atom stereocenters. The molecule has 0 aliphatic heterocycles. The van der Waals surface area contributed by atoms with Gasteiger partial charge in [-0.3, -0.25) is 4.79 Å². The standard InChI is InChI=1S/C20H25NO2/c1-3-12-6-5-7-15-16-9-8-13-10-14(11-17(22)23-4-2)18(13)20(16)21-19(12)15/h5-7,13-14,18,21H,3-4,8-11H2,1-2H3. The Morgan fingerprint density at radius 1 is 1.35 bits per heavy atom. The van der Waals surface area contributed by atoms with E-state index in [1.165, 1.54) is 47.0 Å². The molecule has 0 bridgehead atoms. The van der Waals surface area contributed by atoms with Gasteiger partial charge in [0, 0.05) is 28.9 Å². The van der Waals surface area contributed by atoms with Crippen molar-refractivity contribution in [1.82, 2.24) is 4.98 Å². The van der Waals surface area contributed by atoms with E-state index in [-0.39, 0.29) is 5.97 Å². The van der Waals surface area contributed by atoms with Gasteiger partial charge in [0.25, 0.3) is 0 Å². The van der Waals surface area contributed by atoms with Crippen molar-refractivity contribution in [2.75, 3.05) is 6.61 Å². The number of hydrogen-bond donors (Lipinski definition) is 1. The van der Waals surface area contributed by atoms with Crippen molar-refractivity contribution < 1.29 is 9.53 Å². The average molecular weight is 311 g/mol. The van der Waals surface area contributed by atoms with Crippen molar-refractivity contribution >= 4 is 16.9 Å². The van der Waals surface area contributed by atoms with Crippen LogP contribution in [0.3, 0.4) is 0 Å². The Morgan fingerprint density at radius 3 is 3.00 bits per heavy atom. The van der Waals surface area contributed by atoms with Gasteiger partial charge in [0.2, 0.25) is 0 Å². The molecule has 2 aromatic rings. The minimum Gasteiger partial charge on any atom is -0.466 e. The number of aryl methyl sites for hydroxylation is 2. The molecule has 0 radical (unpaired) electrons. The number of nitrogens with one attached hydrogen (secondary N) is 1. The molecule has 3 atom stereocenters. The first kappa shape index (κ1) is 14.8. The van der Waals surface area contributed by atoms with Crippen LogP contribution in [0.25, 0.3) is 10.9 Å². The summed E-state index contributed by atoms with van der Waals surface area (Å²) in [5, 5.41) is 1.40.